The Morgan fingerprint density at radius 2 is 1.96 bits per heavy atom. The van der Waals surface area contributed by atoms with Gasteiger partial charge < -0.3 is 16.0 Å². The van der Waals surface area contributed by atoms with E-state index in [1.165, 1.54) is 0 Å². The Bertz CT molecular complexity index is 895. The standard InChI is InChI=1S/C20H22N4O3/c1-3-18(25)22-15-8-7-13(2)17(12-15)23-19(26)14-5-4-6-16(11-14)24-10-9-21-20(24)27/h4-8,11-12H,3,9-10H2,1-2H3,(H,21,27)(H,22,25)(H,23,26). The zero-order valence-corrected chi connectivity index (χ0v) is 15.3. The smallest absolute Gasteiger partial charge is 0.321 e. The summed E-state index contributed by atoms with van der Waals surface area (Å²) in [6.45, 7) is 4.82. The first-order chi connectivity index (χ1) is 13.0. The largest absolute Gasteiger partial charge is 0.336 e. The Balaban J connectivity index is 1.78. The van der Waals surface area contributed by atoms with Crippen molar-refractivity contribution in [2.75, 3.05) is 28.6 Å². The average Bonchev–Trinajstić information content (AvgIpc) is 3.10. The number of nitrogens with zero attached hydrogens (tertiary/aromatic N) is 1. The summed E-state index contributed by atoms with van der Waals surface area (Å²) in [5.74, 6) is -0.369. The summed E-state index contributed by atoms with van der Waals surface area (Å²) >= 11 is 0. The minimum atomic E-state index is -0.279. The van der Waals surface area contributed by atoms with E-state index in [1.807, 2.05) is 13.0 Å². The number of urea groups is 1. The lowest BCUT2D eigenvalue weighted by atomic mass is 10.1. The van der Waals surface area contributed by atoms with Gasteiger partial charge in [0.15, 0.2) is 0 Å². The molecular weight excluding hydrogens is 344 g/mol. The number of aryl methyl sites for hydroxylation is 1. The molecule has 2 aromatic carbocycles. The van der Waals surface area contributed by atoms with Crippen molar-refractivity contribution in [3.05, 3.63) is 53.6 Å². The number of rotatable bonds is 5. The minimum absolute atomic E-state index is 0.0901. The van der Waals surface area contributed by atoms with Crippen LogP contribution in [-0.2, 0) is 4.79 Å². The molecule has 0 bridgehead atoms. The van der Waals surface area contributed by atoms with Crippen LogP contribution in [0.1, 0.15) is 29.3 Å². The van der Waals surface area contributed by atoms with Crippen LogP contribution in [0.25, 0.3) is 0 Å². The van der Waals surface area contributed by atoms with E-state index < -0.39 is 0 Å². The van der Waals surface area contributed by atoms with E-state index in [0.29, 0.717) is 42.1 Å². The molecule has 1 saturated heterocycles. The lowest BCUT2D eigenvalue weighted by Crippen LogP contribution is -2.27. The van der Waals surface area contributed by atoms with Gasteiger partial charge in [-0.25, -0.2) is 4.79 Å². The molecule has 0 radical (unpaired) electrons. The maximum Gasteiger partial charge on any atom is 0.321 e. The molecule has 3 N–H and O–H groups in total. The highest BCUT2D eigenvalue weighted by Crippen LogP contribution is 2.23. The van der Waals surface area contributed by atoms with Gasteiger partial charge in [-0.3, -0.25) is 14.5 Å². The van der Waals surface area contributed by atoms with Gasteiger partial charge in [0.1, 0.15) is 0 Å². The molecule has 27 heavy (non-hydrogen) atoms. The number of benzene rings is 2. The van der Waals surface area contributed by atoms with Crippen LogP contribution in [-0.4, -0.2) is 30.9 Å². The molecule has 140 valence electrons. The maximum atomic E-state index is 12.7. The van der Waals surface area contributed by atoms with Gasteiger partial charge in [-0.2, -0.15) is 0 Å². The van der Waals surface area contributed by atoms with Crippen LogP contribution >= 0.6 is 0 Å². The van der Waals surface area contributed by atoms with E-state index in [9.17, 15) is 14.4 Å². The third-order valence-electron chi connectivity index (χ3n) is 4.37. The summed E-state index contributed by atoms with van der Waals surface area (Å²) in [4.78, 5) is 37.7. The first-order valence-electron chi connectivity index (χ1n) is 8.85. The van der Waals surface area contributed by atoms with E-state index in [0.717, 1.165) is 5.56 Å². The Labute approximate surface area is 157 Å². The number of amides is 4. The highest BCUT2D eigenvalue weighted by molar-refractivity contribution is 6.06. The van der Waals surface area contributed by atoms with Crippen molar-refractivity contribution >= 4 is 34.9 Å². The molecule has 0 unspecified atom stereocenters. The van der Waals surface area contributed by atoms with Crippen molar-refractivity contribution < 1.29 is 14.4 Å². The first-order valence-corrected chi connectivity index (χ1v) is 8.85. The van der Waals surface area contributed by atoms with Crippen LogP contribution in [0.4, 0.5) is 21.9 Å². The van der Waals surface area contributed by atoms with Gasteiger partial charge >= 0.3 is 6.03 Å². The Hall–Kier alpha value is -3.35. The molecule has 0 spiro atoms. The van der Waals surface area contributed by atoms with Gasteiger partial charge in [0, 0.05) is 42.1 Å². The lowest BCUT2D eigenvalue weighted by Gasteiger charge is -2.16. The van der Waals surface area contributed by atoms with Crippen molar-refractivity contribution in [3.8, 4) is 0 Å². The van der Waals surface area contributed by atoms with Crippen LogP contribution in [0, 0.1) is 6.92 Å². The normalized spacial score (nSPS) is 13.3. The molecule has 3 rings (SSSR count). The highest BCUT2D eigenvalue weighted by atomic mass is 16.2. The fourth-order valence-electron chi connectivity index (χ4n) is 2.81. The Morgan fingerprint density at radius 1 is 1.15 bits per heavy atom. The fourth-order valence-corrected chi connectivity index (χ4v) is 2.81. The number of carbonyl (C=O) groups excluding carboxylic acids is 3. The number of carbonyl (C=O) groups is 3. The summed E-state index contributed by atoms with van der Waals surface area (Å²) in [7, 11) is 0. The van der Waals surface area contributed by atoms with Gasteiger partial charge in [0.05, 0.1) is 0 Å². The summed E-state index contributed by atoms with van der Waals surface area (Å²) in [5, 5.41) is 8.40. The number of hydrogen-bond donors (Lipinski definition) is 3. The topological polar surface area (TPSA) is 90.5 Å². The van der Waals surface area contributed by atoms with Gasteiger partial charge in [-0.15, -0.1) is 0 Å². The SMILES string of the molecule is CCC(=O)Nc1ccc(C)c(NC(=O)c2cccc(N3CCNC3=O)c2)c1. The van der Waals surface area contributed by atoms with E-state index in [2.05, 4.69) is 16.0 Å². The molecule has 1 fully saturated rings. The maximum absolute atomic E-state index is 12.7. The molecule has 0 aromatic heterocycles. The predicted octanol–water partition coefficient (Wildman–Crippen LogP) is 3.13. The quantitative estimate of drug-likeness (QED) is 0.759. The Kier molecular flexibility index (Phi) is 5.40. The van der Waals surface area contributed by atoms with E-state index in [-0.39, 0.29) is 17.8 Å². The lowest BCUT2D eigenvalue weighted by molar-refractivity contribution is -0.115. The van der Waals surface area contributed by atoms with E-state index in [1.54, 1.807) is 48.2 Å². The second-order valence-corrected chi connectivity index (χ2v) is 6.32. The van der Waals surface area contributed by atoms with Crippen LogP contribution < -0.4 is 20.9 Å². The number of anilines is 3. The molecule has 0 aliphatic carbocycles. The molecule has 1 aliphatic heterocycles. The highest BCUT2D eigenvalue weighted by Gasteiger charge is 2.21. The summed E-state index contributed by atoms with van der Waals surface area (Å²) < 4.78 is 0. The van der Waals surface area contributed by atoms with E-state index in [4.69, 9.17) is 0 Å². The summed E-state index contributed by atoms with van der Waals surface area (Å²) in [6, 6.07) is 12.1. The molecule has 4 amide bonds. The molecule has 0 atom stereocenters. The monoisotopic (exact) mass is 366 g/mol. The van der Waals surface area contributed by atoms with E-state index >= 15 is 0 Å². The van der Waals surface area contributed by atoms with Crippen molar-refractivity contribution in [1.82, 2.24) is 5.32 Å². The van der Waals surface area contributed by atoms with Crippen molar-refractivity contribution in [3.63, 3.8) is 0 Å². The van der Waals surface area contributed by atoms with Gasteiger partial charge in [0.25, 0.3) is 5.91 Å². The molecule has 7 heteroatoms. The molecule has 1 heterocycles. The molecule has 7 nitrogen and oxygen atoms in total. The van der Waals surface area contributed by atoms with Crippen molar-refractivity contribution in [1.29, 1.82) is 0 Å². The third kappa shape index (κ3) is 4.25. The molecule has 2 aromatic rings. The molecule has 0 saturated carbocycles. The van der Waals surface area contributed by atoms with Gasteiger partial charge in [0.2, 0.25) is 5.91 Å². The summed E-state index contributed by atoms with van der Waals surface area (Å²) in [5.41, 5.74) is 3.27. The zero-order valence-electron chi connectivity index (χ0n) is 15.3. The summed E-state index contributed by atoms with van der Waals surface area (Å²) in [6.07, 6.45) is 0.381. The van der Waals surface area contributed by atoms with Gasteiger partial charge in [-0.05, 0) is 42.8 Å². The average molecular weight is 366 g/mol. The zero-order chi connectivity index (χ0) is 19.4. The number of nitrogens with one attached hydrogen (secondary N) is 3. The van der Waals surface area contributed by atoms with Crippen LogP contribution in [0.5, 0.6) is 0 Å². The van der Waals surface area contributed by atoms with Crippen molar-refractivity contribution in [2.45, 2.75) is 20.3 Å². The van der Waals surface area contributed by atoms with Crippen LogP contribution in [0.2, 0.25) is 0 Å². The van der Waals surface area contributed by atoms with Gasteiger partial charge in [-0.1, -0.05) is 19.1 Å². The van der Waals surface area contributed by atoms with Crippen molar-refractivity contribution in [2.24, 2.45) is 0 Å². The Morgan fingerprint density at radius 3 is 2.67 bits per heavy atom. The minimum Gasteiger partial charge on any atom is -0.336 e. The first kappa shape index (κ1) is 18.4. The van der Waals surface area contributed by atoms with Crippen LogP contribution in [0.3, 0.4) is 0 Å². The molecular formula is C20H22N4O3. The fraction of sp³-hybridized carbons (Fsp3) is 0.250. The second kappa shape index (κ2) is 7.90. The van der Waals surface area contributed by atoms with Crippen LogP contribution in [0.15, 0.2) is 42.5 Å². The predicted molar refractivity (Wildman–Crippen MR) is 105 cm³/mol. The number of hydrogen-bond acceptors (Lipinski definition) is 3. The third-order valence-corrected chi connectivity index (χ3v) is 4.37. The molecule has 1 aliphatic rings. The second-order valence-electron chi connectivity index (χ2n) is 6.32.